The van der Waals surface area contributed by atoms with E-state index in [9.17, 15) is 0 Å². The van der Waals surface area contributed by atoms with E-state index in [2.05, 4.69) is 11.8 Å². The molecule has 26 heavy (non-hydrogen) atoms. The number of alkyl halides is 1. The number of nitrogens with zero attached hydrogens (tertiary/aromatic N) is 1. The van der Waals surface area contributed by atoms with Gasteiger partial charge in [-0.15, -0.1) is 11.6 Å². The van der Waals surface area contributed by atoms with Gasteiger partial charge in [0.05, 0.1) is 0 Å². The molecule has 0 aromatic heterocycles. The van der Waals surface area contributed by atoms with Gasteiger partial charge >= 0.3 is 0 Å². The maximum absolute atomic E-state index is 5.75. The first-order valence-corrected chi connectivity index (χ1v) is 10.2. The van der Waals surface area contributed by atoms with Crippen molar-refractivity contribution in [3.8, 4) is 0 Å². The van der Waals surface area contributed by atoms with Gasteiger partial charge in [-0.3, -0.25) is 0 Å². The first-order valence-electron chi connectivity index (χ1n) is 9.64. The monoisotopic (exact) mass is 383 g/mol. The van der Waals surface area contributed by atoms with Crippen LogP contribution in [0.1, 0.15) is 61.8 Å². The van der Waals surface area contributed by atoms with Crippen LogP contribution in [0, 0.1) is 0 Å². The number of nitrogen functional groups attached to an aromatic ring is 1. The predicted octanol–water partition coefficient (Wildman–Crippen LogP) is 6.59. The molecule has 152 valence electrons. The van der Waals surface area contributed by atoms with Crippen LogP contribution >= 0.6 is 11.6 Å². The van der Waals surface area contributed by atoms with Crippen LogP contribution in [0.4, 0.5) is 11.4 Å². The molecule has 0 atom stereocenters. The Kier molecular flexibility index (Phi) is 24.0. The second-order valence-electron chi connectivity index (χ2n) is 5.42. The normalized spacial score (nSPS) is 9.35. The van der Waals surface area contributed by atoms with Gasteiger partial charge in [0.1, 0.15) is 0 Å². The third-order valence-electron chi connectivity index (χ3n) is 2.79. The first kappa shape index (κ1) is 29.2. The van der Waals surface area contributed by atoms with E-state index in [1.807, 2.05) is 84.9 Å². The Balaban J connectivity index is -0.000000377. The number of hydrogen-bond donors (Lipinski definition) is 2. The molecule has 0 aliphatic carbocycles. The van der Waals surface area contributed by atoms with Gasteiger partial charge in [-0.05, 0) is 57.5 Å². The number of rotatable bonds is 6. The molecule has 0 amide bonds. The molecule has 0 unspecified atom stereocenters. The molecule has 0 saturated heterocycles. The van der Waals surface area contributed by atoms with E-state index >= 15 is 0 Å². The van der Waals surface area contributed by atoms with Crippen molar-refractivity contribution in [3.63, 3.8) is 0 Å². The highest BCUT2D eigenvalue weighted by Gasteiger charge is 2.03. The molecule has 0 heterocycles. The zero-order valence-corrected chi connectivity index (χ0v) is 19.0. The van der Waals surface area contributed by atoms with Gasteiger partial charge in [-0.1, -0.05) is 46.3 Å². The van der Waals surface area contributed by atoms with Crippen molar-refractivity contribution < 1.29 is 0 Å². The molecule has 0 bridgehead atoms. The Morgan fingerprint density at radius 2 is 1.46 bits per heavy atom. The van der Waals surface area contributed by atoms with Crippen LogP contribution in [0.3, 0.4) is 0 Å². The molecular weight excluding hydrogens is 342 g/mol. The quantitative estimate of drug-likeness (QED) is 0.331. The Labute approximate surface area is 168 Å². The molecule has 4 N–H and O–H groups in total. The zero-order chi connectivity index (χ0) is 21.0. The van der Waals surface area contributed by atoms with Crippen molar-refractivity contribution in [3.05, 3.63) is 47.7 Å². The van der Waals surface area contributed by atoms with Gasteiger partial charge in [-0.2, -0.15) is 0 Å². The summed E-state index contributed by atoms with van der Waals surface area (Å²) in [7, 11) is 0. The van der Waals surface area contributed by atoms with E-state index in [4.69, 9.17) is 23.1 Å². The summed E-state index contributed by atoms with van der Waals surface area (Å²) in [5, 5.41) is 0. The van der Waals surface area contributed by atoms with E-state index in [0.29, 0.717) is 5.88 Å². The maximum atomic E-state index is 5.75. The Bertz CT molecular complexity index is 435. The fourth-order valence-electron chi connectivity index (χ4n) is 1.73. The molecule has 0 radical (unpaired) electrons. The van der Waals surface area contributed by atoms with Crippen LogP contribution in [-0.4, -0.2) is 19.0 Å². The highest BCUT2D eigenvalue weighted by atomic mass is 35.5. The maximum Gasteiger partial charge on any atom is 0.0399 e. The summed E-state index contributed by atoms with van der Waals surface area (Å²) >= 11 is 5.75. The lowest BCUT2D eigenvalue weighted by Gasteiger charge is -2.23. The second-order valence-corrected chi connectivity index (χ2v) is 5.80. The molecule has 0 spiro atoms. The highest BCUT2D eigenvalue weighted by molar-refractivity contribution is 6.18. The fourth-order valence-corrected chi connectivity index (χ4v) is 1.93. The van der Waals surface area contributed by atoms with Crippen molar-refractivity contribution in [1.29, 1.82) is 0 Å². The smallest absolute Gasteiger partial charge is 0.0399 e. The van der Waals surface area contributed by atoms with Crippen molar-refractivity contribution in [2.75, 3.05) is 29.6 Å². The lowest BCUT2D eigenvalue weighted by atomic mass is 10.2. The van der Waals surface area contributed by atoms with E-state index in [0.717, 1.165) is 30.9 Å². The minimum absolute atomic E-state index is 0.657. The number of benzene rings is 1. The van der Waals surface area contributed by atoms with Crippen molar-refractivity contribution >= 4 is 23.0 Å². The van der Waals surface area contributed by atoms with E-state index in [-0.39, 0.29) is 0 Å². The fraction of sp³-hybridized carbons (Fsp3) is 0.545. The topological polar surface area (TPSA) is 55.3 Å². The van der Waals surface area contributed by atoms with Crippen LogP contribution in [-0.2, 0) is 0 Å². The van der Waals surface area contributed by atoms with Crippen LogP contribution < -0.4 is 16.4 Å². The van der Waals surface area contributed by atoms with Crippen LogP contribution in [0.25, 0.3) is 0 Å². The van der Waals surface area contributed by atoms with E-state index in [1.165, 1.54) is 11.3 Å². The van der Waals surface area contributed by atoms with Crippen LogP contribution in [0.5, 0.6) is 0 Å². The molecule has 0 aliphatic heterocycles. The van der Waals surface area contributed by atoms with Crippen molar-refractivity contribution in [1.82, 2.24) is 0 Å². The van der Waals surface area contributed by atoms with Crippen molar-refractivity contribution in [2.24, 2.45) is 5.73 Å². The number of halogens is 1. The second kappa shape index (κ2) is 21.4. The molecule has 3 nitrogen and oxygen atoms in total. The summed E-state index contributed by atoms with van der Waals surface area (Å²) in [6.07, 6.45) is 5.02. The minimum Gasteiger partial charge on any atom is -0.402 e. The minimum atomic E-state index is 0.657. The number of nitrogens with two attached hydrogens (primary N) is 2. The lowest BCUT2D eigenvalue weighted by Crippen LogP contribution is -2.26. The highest BCUT2D eigenvalue weighted by Crippen LogP contribution is 2.16. The number of anilines is 2. The van der Waals surface area contributed by atoms with Gasteiger partial charge in [0, 0.05) is 36.0 Å². The summed E-state index contributed by atoms with van der Waals surface area (Å²) in [5.41, 5.74) is 15.1. The first-order chi connectivity index (χ1) is 12.4. The summed E-state index contributed by atoms with van der Waals surface area (Å²) in [5.74, 6) is 0.657. The summed E-state index contributed by atoms with van der Waals surface area (Å²) in [6, 6.07) is 7.92. The van der Waals surface area contributed by atoms with Crippen molar-refractivity contribution in [2.45, 2.75) is 61.8 Å². The SMILES string of the molecule is CC.CC.CC(C)=C/C=C(\C)N.CCCN(CCCl)c1ccc(N)cc1. The number of allylic oxidation sites excluding steroid dienone is 4. The molecule has 0 aliphatic rings. The molecule has 1 aromatic rings. The number of hydrogen-bond acceptors (Lipinski definition) is 3. The average Bonchev–Trinajstić information content (AvgIpc) is 2.64. The van der Waals surface area contributed by atoms with Gasteiger partial charge in [-0.25, -0.2) is 0 Å². The third kappa shape index (κ3) is 18.7. The molecular formula is C22H42ClN3. The van der Waals surface area contributed by atoms with E-state index in [1.54, 1.807) is 0 Å². The largest absolute Gasteiger partial charge is 0.402 e. The average molecular weight is 384 g/mol. The Morgan fingerprint density at radius 3 is 1.77 bits per heavy atom. The van der Waals surface area contributed by atoms with Gasteiger partial charge in [0.2, 0.25) is 0 Å². The van der Waals surface area contributed by atoms with Crippen LogP contribution in [0.2, 0.25) is 0 Å². The standard InChI is InChI=1S/C11H17ClN2.C7H13N.2C2H6/c1-2-8-14(9-7-12)11-5-3-10(13)4-6-11;1-6(2)4-5-7(3)8;2*1-2/h3-6H,2,7-9,13H2,1H3;4-5H,8H2,1-3H3;2*1-2H3/b;7-5+;;. The molecule has 1 aromatic carbocycles. The predicted molar refractivity (Wildman–Crippen MR) is 124 cm³/mol. The summed E-state index contributed by atoms with van der Waals surface area (Å²) in [6.45, 7) is 18.0. The van der Waals surface area contributed by atoms with Gasteiger partial charge in [0.15, 0.2) is 0 Å². The third-order valence-corrected chi connectivity index (χ3v) is 2.95. The van der Waals surface area contributed by atoms with Gasteiger partial charge < -0.3 is 16.4 Å². The molecule has 0 fully saturated rings. The summed E-state index contributed by atoms with van der Waals surface area (Å²) in [4.78, 5) is 2.27. The van der Waals surface area contributed by atoms with Gasteiger partial charge in [0.25, 0.3) is 0 Å². The lowest BCUT2D eigenvalue weighted by molar-refractivity contribution is 0.794. The summed E-state index contributed by atoms with van der Waals surface area (Å²) < 4.78 is 0. The Hall–Kier alpha value is -1.61. The molecule has 4 heteroatoms. The molecule has 1 rings (SSSR count). The van der Waals surface area contributed by atoms with E-state index < -0.39 is 0 Å². The molecule has 0 saturated carbocycles. The zero-order valence-electron chi connectivity index (χ0n) is 18.3. The van der Waals surface area contributed by atoms with Crippen LogP contribution in [0.15, 0.2) is 47.7 Å². The Morgan fingerprint density at radius 1 is 0.962 bits per heavy atom.